The largest absolute Gasteiger partial charge is 0.480 e. The number of Topliss-reactive ketones (excluding diaryl/α,β-unsaturated/α-hetero) is 1. The maximum atomic E-state index is 13.5. The zero-order chi connectivity index (χ0) is 31.1. The Hall–Kier alpha value is -4.40. The third-order valence-electron chi connectivity index (χ3n) is 6.55. The number of alkyl halides is 3. The number of carbonyl (C=O) groups excluding carboxylic acids is 2. The van der Waals surface area contributed by atoms with Gasteiger partial charge in [0.05, 0.1) is 10.6 Å². The molecule has 1 unspecified atom stereocenters. The van der Waals surface area contributed by atoms with Crippen molar-refractivity contribution in [1.82, 2.24) is 5.32 Å². The minimum atomic E-state index is -4.76. The van der Waals surface area contributed by atoms with Gasteiger partial charge in [0.1, 0.15) is 6.04 Å². The molecule has 1 amide bonds. The lowest BCUT2D eigenvalue weighted by atomic mass is 9.97. The van der Waals surface area contributed by atoms with Crippen molar-refractivity contribution >= 4 is 46.9 Å². The summed E-state index contributed by atoms with van der Waals surface area (Å²) in [6.45, 7) is 0. The van der Waals surface area contributed by atoms with Crippen LogP contribution in [-0.4, -0.2) is 28.8 Å². The zero-order valence-corrected chi connectivity index (χ0v) is 23.9. The number of ketones is 1. The minimum absolute atomic E-state index is 0.0429. The molecule has 0 saturated heterocycles. The first-order valence-corrected chi connectivity index (χ1v) is 13.7. The number of benzene rings is 4. The van der Waals surface area contributed by atoms with Crippen LogP contribution in [0.2, 0.25) is 10.0 Å². The van der Waals surface area contributed by atoms with Crippen LogP contribution in [0.15, 0.2) is 103 Å². The van der Waals surface area contributed by atoms with Crippen LogP contribution in [-0.2, 0) is 22.2 Å². The van der Waals surface area contributed by atoms with E-state index in [1.807, 2.05) is 30.3 Å². The van der Waals surface area contributed by atoms with E-state index < -0.39 is 46.9 Å². The molecule has 4 aromatic carbocycles. The molecule has 0 saturated carbocycles. The lowest BCUT2D eigenvalue weighted by Crippen LogP contribution is -2.43. The molecule has 4 rings (SSSR count). The van der Waals surface area contributed by atoms with Crippen LogP contribution in [0.1, 0.15) is 33.5 Å². The third-order valence-corrected chi connectivity index (χ3v) is 7.13. The molecule has 0 fully saturated rings. The summed E-state index contributed by atoms with van der Waals surface area (Å²) in [6, 6.07) is 24.1. The van der Waals surface area contributed by atoms with E-state index in [1.165, 1.54) is 6.07 Å². The molecule has 0 aromatic heterocycles. The smallest absolute Gasteiger partial charge is 0.417 e. The van der Waals surface area contributed by atoms with Crippen molar-refractivity contribution in [2.75, 3.05) is 0 Å². The Morgan fingerprint density at radius 1 is 0.837 bits per heavy atom. The van der Waals surface area contributed by atoms with Crippen LogP contribution < -0.4 is 5.32 Å². The molecule has 0 bridgehead atoms. The van der Waals surface area contributed by atoms with Gasteiger partial charge in [-0.3, -0.25) is 9.59 Å². The Balaban J connectivity index is 1.64. The van der Waals surface area contributed by atoms with E-state index in [4.69, 9.17) is 23.2 Å². The number of nitrogens with one attached hydrogen (secondary N) is 1. The van der Waals surface area contributed by atoms with Gasteiger partial charge in [-0.15, -0.1) is 0 Å². The van der Waals surface area contributed by atoms with Crippen molar-refractivity contribution in [3.05, 3.63) is 135 Å². The number of hydrogen-bond donors (Lipinski definition) is 2. The van der Waals surface area contributed by atoms with Gasteiger partial charge in [-0.2, -0.15) is 13.2 Å². The summed E-state index contributed by atoms with van der Waals surface area (Å²) < 4.78 is 40.5. The standard InChI is InChI=1S/C33H24Cl2F3NO4/c34-26-13-6-20(7-14-26)18-29(32(42)43)39-31(41)25(16-21-8-15-28(35)27(17-21)33(36,37)38)19-30(40)24-11-9-23(10-12-24)22-4-2-1-3-5-22/h1-17,29H,18-19H2,(H,39,41)(H,42,43)/b25-16+. The molecule has 0 spiro atoms. The Bertz CT molecular complexity index is 1650. The average Bonchev–Trinajstić information content (AvgIpc) is 2.98. The zero-order valence-electron chi connectivity index (χ0n) is 22.4. The number of carboxylic acids is 1. The van der Waals surface area contributed by atoms with E-state index in [9.17, 15) is 32.7 Å². The van der Waals surface area contributed by atoms with Crippen LogP contribution in [0.25, 0.3) is 17.2 Å². The Morgan fingerprint density at radius 3 is 2.07 bits per heavy atom. The summed E-state index contributed by atoms with van der Waals surface area (Å²) in [4.78, 5) is 38.7. The second kappa shape index (κ2) is 13.7. The Kier molecular flexibility index (Phi) is 10.1. The molecule has 43 heavy (non-hydrogen) atoms. The van der Waals surface area contributed by atoms with Crippen molar-refractivity contribution < 1.29 is 32.7 Å². The highest BCUT2D eigenvalue weighted by molar-refractivity contribution is 6.31. The van der Waals surface area contributed by atoms with Crippen LogP contribution >= 0.6 is 23.2 Å². The maximum absolute atomic E-state index is 13.5. The number of carboxylic acid groups (broad SMARTS) is 1. The van der Waals surface area contributed by atoms with Crippen LogP contribution in [0.5, 0.6) is 0 Å². The number of amides is 1. The summed E-state index contributed by atoms with van der Waals surface area (Å²) in [7, 11) is 0. The molecular formula is C33H24Cl2F3NO4. The molecule has 0 aliphatic carbocycles. The second-order valence-electron chi connectivity index (χ2n) is 9.64. The highest BCUT2D eigenvalue weighted by atomic mass is 35.5. The number of hydrogen-bond acceptors (Lipinski definition) is 3. The predicted molar refractivity (Wildman–Crippen MR) is 160 cm³/mol. The Labute approximate surface area is 255 Å². The molecule has 5 nitrogen and oxygen atoms in total. The van der Waals surface area contributed by atoms with E-state index in [0.29, 0.717) is 10.6 Å². The summed E-state index contributed by atoms with van der Waals surface area (Å²) in [5, 5.41) is 12.1. The Morgan fingerprint density at radius 2 is 1.47 bits per heavy atom. The van der Waals surface area contributed by atoms with Gasteiger partial charge in [0.25, 0.3) is 0 Å². The van der Waals surface area contributed by atoms with Gasteiger partial charge in [0.2, 0.25) is 5.91 Å². The fourth-order valence-corrected chi connectivity index (χ4v) is 4.66. The second-order valence-corrected chi connectivity index (χ2v) is 10.5. The maximum Gasteiger partial charge on any atom is 0.417 e. The first-order valence-electron chi connectivity index (χ1n) is 12.9. The molecule has 0 aliphatic rings. The van der Waals surface area contributed by atoms with Crippen LogP contribution in [0.3, 0.4) is 0 Å². The van der Waals surface area contributed by atoms with Crippen LogP contribution in [0.4, 0.5) is 13.2 Å². The van der Waals surface area contributed by atoms with Crippen molar-refractivity contribution in [2.24, 2.45) is 0 Å². The van der Waals surface area contributed by atoms with Gasteiger partial charge in [-0.05, 0) is 52.6 Å². The summed E-state index contributed by atoms with van der Waals surface area (Å²) in [5.41, 5.74) is 1.25. The van der Waals surface area contributed by atoms with Gasteiger partial charge >= 0.3 is 12.1 Å². The van der Waals surface area contributed by atoms with Gasteiger partial charge in [0, 0.05) is 29.0 Å². The molecule has 0 aliphatic heterocycles. The lowest BCUT2D eigenvalue weighted by molar-refractivity contribution is -0.141. The molecule has 10 heteroatoms. The number of aliphatic carboxylic acids is 1. The minimum Gasteiger partial charge on any atom is -0.480 e. The first kappa shape index (κ1) is 31.5. The SMILES string of the molecule is O=C(NC(Cc1ccc(Cl)cc1)C(=O)O)/C(=C/c1ccc(Cl)c(C(F)(F)F)c1)CC(=O)c1ccc(-c2ccccc2)cc1. The summed E-state index contributed by atoms with van der Waals surface area (Å²) in [5.74, 6) is -2.74. The molecule has 0 radical (unpaired) electrons. The monoisotopic (exact) mass is 625 g/mol. The fraction of sp³-hybridized carbons (Fsp3) is 0.121. The van der Waals surface area contributed by atoms with E-state index in [0.717, 1.165) is 29.3 Å². The highest BCUT2D eigenvalue weighted by Crippen LogP contribution is 2.35. The third kappa shape index (κ3) is 8.56. The van der Waals surface area contributed by atoms with Gasteiger partial charge in [-0.1, -0.05) is 96.0 Å². The number of halogens is 5. The van der Waals surface area contributed by atoms with Gasteiger partial charge < -0.3 is 10.4 Å². The highest BCUT2D eigenvalue weighted by Gasteiger charge is 2.33. The normalized spacial score (nSPS) is 12.4. The topological polar surface area (TPSA) is 83.5 Å². The van der Waals surface area contributed by atoms with E-state index in [1.54, 1.807) is 48.5 Å². The fourth-order valence-electron chi connectivity index (χ4n) is 4.31. The number of carbonyl (C=O) groups is 3. The predicted octanol–water partition coefficient (Wildman–Crippen LogP) is 8.15. The first-order chi connectivity index (χ1) is 20.4. The van der Waals surface area contributed by atoms with Gasteiger partial charge in [-0.25, -0.2) is 4.79 Å². The average molecular weight is 626 g/mol. The van der Waals surface area contributed by atoms with E-state index in [-0.39, 0.29) is 23.1 Å². The molecule has 4 aromatic rings. The summed E-state index contributed by atoms with van der Waals surface area (Å²) in [6.07, 6.45) is -4.24. The van der Waals surface area contributed by atoms with Crippen molar-refractivity contribution in [2.45, 2.75) is 25.1 Å². The van der Waals surface area contributed by atoms with Crippen LogP contribution in [0, 0.1) is 0 Å². The molecule has 0 heterocycles. The molecule has 1 atom stereocenters. The number of rotatable bonds is 10. The quantitative estimate of drug-likeness (QED) is 0.138. The molecule has 220 valence electrons. The summed E-state index contributed by atoms with van der Waals surface area (Å²) >= 11 is 11.6. The van der Waals surface area contributed by atoms with E-state index >= 15 is 0 Å². The molecule has 2 N–H and O–H groups in total. The van der Waals surface area contributed by atoms with Crippen molar-refractivity contribution in [3.63, 3.8) is 0 Å². The van der Waals surface area contributed by atoms with E-state index in [2.05, 4.69) is 5.32 Å². The van der Waals surface area contributed by atoms with Crippen molar-refractivity contribution in [3.8, 4) is 11.1 Å². The lowest BCUT2D eigenvalue weighted by Gasteiger charge is -2.17. The van der Waals surface area contributed by atoms with Crippen molar-refractivity contribution in [1.29, 1.82) is 0 Å². The molecular weight excluding hydrogens is 602 g/mol. The van der Waals surface area contributed by atoms with Gasteiger partial charge in [0.15, 0.2) is 5.78 Å².